The number of nitrogens with zero attached hydrogens (tertiary/aromatic N) is 1. The first-order valence-electron chi connectivity index (χ1n) is 5.44. The Kier molecular flexibility index (Phi) is 3.50. The van der Waals surface area contributed by atoms with Crippen molar-refractivity contribution in [3.8, 4) is 0 Å². The molecule has 2 aromatic rings. The minimum absolute atomic E-state index is 0.0105. The van der Waals surface area contributed by atoms with Crippen LogP contribution < -0.4 is 4.90 Å². The zero-order valence-electron chi connectivity index (χ0n) is 10.1. The van der Waals surface area contributed by atoms with E-state index in [1.807, 2.05) is 0 Å². The summed E-state index contributed by atoms with van der Waals surface area (Å²) in [6, 6.07) is 3.99. The van der Waals surface area contributed by atoms with Crippen LogP contribution in [-0.4, -0.2) is 18.1 Å². The van der Waals surface area contributed by atoms with E-state index in [2.05, 4.69) is 0 Å². The summed E-state index contributed by atoms with van der Waals surface area (Å²) in [4.78, 5) is 12.1. The Morgan fingerprint density at radius 3 is 2.63 bits per heavy atom. The number of aromatic carboxylic acids is 1. The molecule has 1 aromatic carbocycles. The molecule has 19 heavy (non-hydrogen) atoms. The number of hydrogen-bond acceptors (Lipinski definition) is 3. The van der Waals surface area contributed by atoms with Gasteiger partial charge in [0.25, 0.3) is 0 Å². The van der Waals surface area contributed by atoms with Crippen molar-refractivity contribution < 1.29 is 23.1 Å². The third-order valence-electron chi connectivity index (χ3n) is 2.70. The Balaban J connectivity index is 2.30. The van der Waals surface area contributed by atoms with E-state index in [0.717, 1.165) is 11.6 Å². The van der Waals surface area contributed by atoms with Crippen LogP contribution in [0.4, 0.5) is 14.5 Å². The molecule has 0 amide bonds. The molecule has 0 bridgehead atoms. The highest BCUT2D eigenvalue weighted by molar-refractivity contribution is 5.88. The topological polar surface area (TPSA) is 53.7 Å². The Bertz CT molecular complexity index is 596. The van der Waals surface area contributed by atoms with Crippen molar-refractivity contribution in [3.05, 3.63) is 53.5 Å². The SMILES string of the molecule is CN(Cc1ccoc1)c1ccc(C(=O)O)c(F)c1F. The molecule has 0 saturated carbocycles. The predicted octanol–water partition coefficient (Wildman–Crippen LogP) is 2.89. The van der Waals surface area contributed by atoms with Gasteiger partial charge in [0.15, 0.2) is 11.6 Å². The molecule has 0 fully saturated rings. The fourth-order valence-corrected chi connectivity index (χ4v) is 1.74. The van der Waals surface area contributed by atoms with Crippen molar-refractivity contribution in [3.63, 3.8) is 0 Å². The van der Waals surface area contributed by atoms with Crippen LogP contribution in [0.5, 0.6) is 0 Å². The first kappa shape index (κ1) is 13.1. The highest BCUT2D eigenvalue weighted by Gasteiger charge is 2.19. The van der Waals surface area contributed by atoms with Crippen molar-refractivity contribution in [1.82, 2.24) is 0 Å². The fraction of sp³-hybridized carbons (Fsp3) is 0.154. The lowest BCUT2D eigenvalue weighted by Gasteiger charge is -2.19. The third kappa shape index (κ3) is 2.57. The number of carboxylic acid groups (broad SMARTS) is 1. The van der Waals surface area contributed by atoms with Crippen molar-refractivity contribution in [2.24, 2.45) is 0 Å². The number of benzene rings is 1. The molecule has 0 atom stereocenters. The van der Waals surface area contributed by atoms with Gasteiger partial charge in [-0.05, 0) is 18.2 Å². The number of furan rings is 1. The van der Waals surface area contributed by atoms with Gasteiger partial charge in [-0.25, -0.2) is 13.6 Å². The Labute approximate surface area is 107 Å². The summed E-state index contributed by atoms with van der Waals surface area (Å²) >= 11 is 0. The van der Waals surface area contributed by atoms with Crippen LogP contribution in [-0.2, 0) is 6.54 Å². The highest BCUT2D eigenvalue weighted by atomic mass is 19.2. The maximum atomic E-state index is 13.8. The predicted molar refractivity (Wildman–Crippen MR) is 64.1 cm³/mol. The Morgan fingerprint density at radius 2 is 2.05 bits per heavy atom. The number of carboxylic acids is 1. The van der Waals surface area contributed by atoms with Crippen LogP contribution in [0.2, 0.25) is 0 Å². The molecule has 4 nitrogen and oxygen atoms in total. The normalized spacial score (nSPS) is 10.5. The standard InChI is InChI=1S/C13H11F2NO3/c1-16(6-8-4-5-19-7-8)10-3-2-9(13(17)18)11(14)12(10)15/h2-5,7H,6H2,1H3,(H,17,18). The van der Waals surface area contributed by atoms with Gasteiger partial charge in [-0.1, -0.05) is 0 Å². The van der Waals surface area contributed by atoms with Crippen LogP contribution in [0, 0.1) is 11.6 Å². The minimum Gasteiger partial charge on any atom is -0.478 e. The molecule has 1 heterocycles. The molecule has 1 N–H and O–H groups in total. The van der Waals surface area contributed by atoms with Gasteiger partial charge in [0.05, 0.1) is 23.8 Å². The van der Waals surface area contributed by atoms with E-state index in [9.17, 15) is 13.6 Å². The molecule has 0 aliphatic carbocycles. The quantitative estimate of drug-likeness (QED) is 0.925. The van der Waals surface area contributed by atoms with Crippen molar-refractivity contribution in [2.75, 3.05) is 11.9 Å². The lowest BCUT2D eigenvalue weighted by molar-refractivity contribution is 0.0690. The minimum atomic E-state index is -1.50. The van der Waals surface area contributed by atoms with Gasteiger partial charge < -0.3 is 14.4 Å². The van der Waals surface area contributed by atoms with Crippen molar-refractivity contribution >= 4 is 11.7 Å². The van der Waals surface area contributed by atoms with E-state index in [-0.39, 0.29) is 5.69 Å². The summed E-state index contributed by atoms with van der Waals surface area (Å²) in [5.41, 5.74) is 0.103. The second kappa shape index (κ2) is 5.09. The number of carbonyl (C=O) groups is 1. The van der Waals surface area contributed by atoms with Crippen LogP contribution in [0.1, 0.15) is 15.9 Å². The van der Waals surface area contributed by atoms with Crippen LogP contribution >= 0.6 is 0 Å². The summed E-state index contributed by atoms with van der Waals surface area (Å²) in [5.74, 6) is -4.03. The molecule has 0 aliphatic rings. The Hall–Kier alpha value is -2.37. The number of hydrogen-bond donors (Lipinski definition) is 1. The van der Waals surface area contributed by atoms with Gasteiger partial charge in [0, 0.05) is 19.2 Å². The van der Waals surface area contributed by atoms with Gasteiger partial charge in [0.1, 0.15) is 0 Å². The molecular weight excluding hydrogens is 256 g/mol. The number of halogens is 2. The third-order valence-corrected chi connectivity index (χ3v) is 2.70. The second-order valence-corrected chi connectivity index (χ2v) is 4.05. The van der Waals surface area contributed by atoms with E-state index in [1.165, 1.54) is 23.5 Å². The second-order valence-electron chi connectivity index (χ2n) is 4.05. The largest absolute Gasteiger partial charge is 0.478 e. The molecule has 0 unspecified atom stereocenters. The van der Waals surface area contributed by atoms with E-state index < -0.39 is 23.2 Å². The van der Waals surface area contributed by atoms with Gasteiger partial charge in [0.2, 0.25) is 0 Å². The van der Waals surface area contributed by atoms with Crippen molar-refractivity contribution in [1.29, 1.82) is 0 Å². The molecule has 0 aliphatic heterocycles. The summed E-state index contributed by atoms with van der Waals surface area (Å²) in [6.07, 6.45) is 2.98. The van der Waals surface area contributed by atoms with Crippen LogP contribution in [0.25, 0.3) is 0 Å². The maximum Gasteiger partial charge on any atom is 0.338 e. The molecular formula is C13H11F2NO3. The first-order chi connectivity index (χ1) is 9.00. The molecule has 1 aromatic heterocycles. The van der Waals surface area contributed by atoms with Crippen LogP contribution in [0.15, 0.2) is 35.1 Å². The molecule has 0 spiro atoms. The van der Waals surface area contributed by atoms with Crippen LogP contribution in [0.3, 0.4) is 0 Å². The first-order valence-corrected chi connectivity index (χ1v) is 5.44. The lowest BCUT2D eigenvalue weighted by Crippen LogP contribution is -2.18. The van der Waals surface area contributed by atoms with E-state index in [0.29, 0.717) is 6.54 Å². The summed E-state index contributed by atoms with van der Waals surface area (Å²) < 4.78 is 32.2. The van der Waals surface area contributed by atoms with Gasteiger partial charge >= 0.3 is 5.97 Å². The average molecular weight is 267 g/mol. The molecule has 0 radical (unpaired) electrons. The van der Waals surface area contributed by atoms with Crippen molar-refractivity contribution in [2.45, 2.75) is 6.54 Å². The van der Waals surface area contributed by atoms with Gasteiger partial charge in [-0.3, -0.25) is 0 Å². The zero-order chi connectivity index (χ0) is 14.0. The molecule has 6 heteroatoms. The number of rotatable bonds is 4. The molecule has 2 rings (SSSR count). The fourth-order valence-electron chi connectivity index (χ4n) is 1.74. The summed E-state index contributed by atoms with van der Waals surface area (Å²) in [5, 5.41) is 8.69. The van der Waals surface area contributed by atoms with E-state index in [1.54, 1.807) is 13.1 Å². The summed E-state index contributed by atoms with van der Waals surface area (Å²) in [6.45, 7) is 0.319. The monoisotopic (exact) mass is 267 g/mol. The van der Waals surface area contributed by atoms with Gasteiger partial charge in [-0.15, -0.1) is 0 Å². The van der Waals surface area contributed by atoms with E-state index in [4.69, 9.17) is 9.52 Å². The molecule has 0 saturated heterocycles. The number of anilines is 1. The van der Waals surface area contributed by atoms with Gasteiger partial charge in [-0.2, -0.15) is 0 Å². The Morgan fingerprint density at radius 1 is 1.32 bits per heavy atom. The smallest absolute Gasteiger partial charge is 0.338 e. The zero-order valence-corrected chi connectivity index (χ0v) is 10.1. The maximum absolute atomic E-state index is 13.8. The summed E-state index contributed by atoms with van der Waals surface area (Å²) in [7, 11) is 1.57. The van der Waals surface area contributed by atoms with E-state index >= 15 is 0 Å². The molecule has 100 valence electrons. The lowest BCUT2D eigenvalue weighted by atomic mass is 10.1. The highest BCUT2D eigenvalue weighted by Crippen LogP contribution is 2.24. The average Bonchev–Trinajstić information content (AvgIpc) is 2.84.